The molecule has 1 saturated heterocycles. The number of aromatic nitrogens is 3. The van der Waals surface area contributed by atoms with Gasteiger partial charge in [0.2, 0.25) is 0 Å². The van der Waals surface area contributed by atoms with Crippen molar-refractivity contribution in [2.24, 2.45) is 0 Å². The van der Waals surface area contributed by atoms with Gasteiger partial charge in [-0.05, 0) is 57.0 Å². The second-order valence-corrected chi connectivity index (χ2v) is 6.67. The van der Waals surface area contributed by atoms with Crippen molar-refractivity contribution in [2.45, 2.75) is 32.7 Å². The second-order valence-electron chi connectivity index (χ2n) is 6.67. The number of likely N-dealkylation sites (tertiary alicyclic amines) is 1. The van der Waals surface area contributed by atoms with Gasteiger partial charge in [0, 0.05) is 18.3 Å². The van der Waals surface area contributed by atoms with Crippen molar-refractivity contribution in [3.8, 4) is 11.4 Å². The Bertz CT molecular complexity index is 964. The van der Waals surface area contributed by atoms with E-state index in [1.54, 1.807) is 11.1 Å². The fraction of sp³-hybridized carbons (Fsp3) is 0.300. The van der Waals surface area contributed by atoms with Crippen LogP contribution >= 0.6 is 0 Å². The number of hydrogen-bond donors (Lipinski definition) is 0. The van der Waals surface area contributed by atoms with Crippen LogP contribution in [0.2, 0.25) is 0 Å². The number of rotatable bonds is 3. The van der Waals surface area contributed by atoms with Crippen LogP contribution in [0, 0.1) is 19.7 Å². The number of amides is 1. The maximum Gasteiger partial charge on any atom is 0.254 e. The van der Waals surface area contributed by atoms with E-state index in [9.17, 15) is 9.18 Å². The van der Waals surface area contributed by atoms with Crippen LogP contribution in [0.5, 0.6) is 0 Å². The van der Waals surface area contributed by atoms with Gasteiger partial charge in [0.15, 0.2) is 5.82 Å². The molecule has 0 radical (unpaired) electrons. The lowest BCUT2D eigenvalue weighted by molar-refractivity contribution is 0.0733. The lowest BCUT2D eigenvalue weighted by Gasteiger charge is -2.24. The zero-order valence-electron chi connectivity index (χ0n) is 15.1. The van der Waals surface area contributed by atoms with Gasteiger partial charge in [0.25, 0.3) is 5.91 Å². The van der Waals surface area contributed by atoms with Crippen molar-refractivity contribution in [3.63, 3.8) is 0 Å². The van der Waals surface area contributed by atoms with Crippen LogP contribution in [-0.2, 0) is 0 Å². The minimum atomic E-state index is -0.357. The van der Waals surface area contributed by atoms with Crippen LogP contribution in [-0.4, -0.2) is 32.5 Å². The highest BCUT2D eigenvalue weighted by Gasteiger charge is 2.32. The Morgan fingerprint density at radius 1 is 1.22 bits per heavy atom. The molecule has 0 spiro atoms. The third-order valence-electron chi connectivity index (χ3n) is 4.88. The van der Waals surface area contributed by atoms with E-state index in [4.69, 9.17) is 9.51 Å². The smallest absolute Gasteiger partial charge is 0.254 e. The van der Waals surface area contributed by atoms with E-state index in [0.29, 0.717) is 23.7 Å². The molecular weight excluding hydrogens is 347 g/mol. The van der Waals surface area contributed by atoms with Gasteiger partial charge < -0.3 is 9.42 Å². The van der Waals surface area contributed by atoms with Crippen LogP contribution in [0.15, 0.2) is 41.1 Å². The van der Waals surface area contributed by atoms with E-state index in [2.05, 4.69) is 10.1 Å². The summed E-state index contributed by atoms with van der Waals surface area (Å²) in [6.07, 6.45) is 3.41. The summed E-state index contributed by atoms with van der Waals surface area (Å²) in [6, 6.07) is 7.34. The van der Waals surface area contributed by atoms with Crippen molar-refractivity contribution in [1.82, 2.24) is 20.0 Å². The lowest BCUT2D eigenvalue weighted by atomic mass is 10.1. The zero-order chi connectivity index (χ0) is 19.0. The number of halogens is 1. The van der Waals surface area contributed by atoms with Crippen LogP contribution in [0.1, 0.15) is 46.4 Å². The number of carbonyl (C=O) groups excluding carboxylic acids is 1. The number of hydrogen-bond acceptors (Lipinski definition) is 5. The summed E-state index contributed by atoms with van der Waals surface area (Å²) in [5.41, 5.74) is 2.78. The Kier molecular flexibility index (Phi) is 4.43. The number of aryl methyl sites for hydroxylation is 2. The van der Waals surface area contributed by atoms with Gasteiger partial charge in [-0.1, -0.05) is 5.16 Å². The molecule has 0 N–H and O–H groups in total. The monoisotopic (exact) mass is 366 g/mol. The molecule has 0 aliphatic carbocycles. The highest BCUT2D eigenvalue weighted by molar-refractivity contribution is 5.94. The van der Waals surface area contributed by atoms with Crippen molar-refractivity contribution in [3.05, 3.63) is 65.1 Å². The van der Waals surface area contributed by atoms with Gasteiger partial charge in [-0.25, -0.2) is 14.4 Å². The fourth-order valence-corrected chi connectivity index (χ4v) is 3.56. The molecule has 1 amide bonds. The molecule has 138 valence electrons. The van der Waals surface area contributed by atoms with E-state index in [-0.39, 0.29) is 17.8 Å². The molecule has 1 fully saturated rings. The summed E-state index contributed by atoms with van der Waals surface area (Å²) < 4.78 is 18.4. The highest BCUT2D eigenvalue weighted by atomic mass is 19.1. The second kappa shape index (κ2) is 6.90. The van der Waals surface area contributed by atoms with E-state index in [0.717, 1.165) is 29.8 Å². The molecule has 27 heavy (non-hydrogen) atoms. The molecule has 6 nitrogen and oxygen atoms in total. The zero-order valence-corrected chi connectivity index (χ0v) is 15.1. The maximum atomic E-state index is 13.2. The van der Waals surface area contributed by atoms with Crippen LogP contribution in [0.4, 0.5) is 4.39 Å². The first-order chi connectivity index (χ1) is 13.0. The molecule has 1 atom stereocenters. The summed E-state index contributed by atoms with van der Waals surface area (Å²) in [6.45, 7) is 4.32. The van der Waals surface area contributed by atoms with Crippen LogP contribution < -0.4 is 0 Å². The van der Waals surface area contributed by atoms with Crippen LogP contribution in [0.25, 0.3) is 11.4 Å². The standard InChI is InChI=1S/C20H19FN4O2/c1-12-18(13(2)27-24-12)19-22-10-9-16(23-19)17-4-3-11-25(17)20(26)14-5-7-15(21)8-6-14/h5-10,17H,3-4,11H2,1-2H3/t17-/m1/s1. The molecule has 3 aromatic rings. The SMILES string of the molecule is Cc1noc(C)c1-c1nccc([C@H]2CCCN2C(=O)c2ccc(F)cc2)n1. The molecule has 4 rings (SSSR count). The first-order valence-electron chi connectivity index (χ1n) is 8.87. The lowest BCUT2D eigenvalue weighted by Crippen LogP contribution is -2.31. The third kappa shape index (κ3) is 3.20. The molecule has 1 aliphatic rings. The summed E-state index contributed by atoms with van der Waals surface area (Å²) in [7, 11) is 0. The van der Waals surface area contributed by atoms with Crippen LogP contribution in [0.3, 0.4) is 0 Å². The number of carbonyl (C=O) groups is 1. The van der Waals surface area contributed by atoms with E-state index < -0.39 is 0 Å². The quantitative estimate of drug-likeness (QED) is 0.704. The largest absolute Gasteiger partial charge is 0.361 e. The van der Waals surface area contributed by atoms with Gasteiger partial charge in [0.1, 0.15) is 11.6 Å². The maximum absolute atomic E-state index is 13.2. The van der Waals surface area contributed by atoms with Crippen molar-refractivity contribution in [1.29, 1.82) is 0 Å². The molecule has 3 heterocycles. The Morgan fingerprint density at radius 2 is 2.00 bits per heavy atom. The van der Waals surface area contributed by atoms with E-state index >= 15 is 0 Å². The molecule has 0 unspecified atom stereocenters. The summed E-state index contributed by atoms with van der Waals surface area (Å²) in [5.74, 6) is 0.736. The Balaban J connectivity index is 1.65. The van der Waals surface area contributed by atoms with E-state index in [1.165, 1.54) is 24.3 Å². The number of benzene rings is 1. The first-order valence-corrected chi connectivity index (χ1v) is 8.87. The minimum Gasteiger partial charge on any atom is -0.361 e. The average molecular weight is 366 g/mol. The summed E-state index contributed by atoms with van der Waals surface area (Å²) in [5, 5.41) is 3.96. The van der Waals surface area contributed by atoms with Gasteiger partial charge in [0.05, 0.1) is 23.0 Å². The number of nitrogens with zero attached hydrogens (tertiary/aromatic N) is 4. The summed E-state index contributed by atoms with van der Waals surface area (Å²) >= 11 is 0. The van der Waals surface area contributed by atoms with Crippen molar-refractivity contribution in [2.75, 3.05) is 6.54 Å². The van der Waals surface area contributed by atoms with Crippen molar-refractivity contribution >= 4 is 5.91 Å². The fourth-order valence-electron chi connectivity index (χ4n) is 3.56. The third-order valence-corrected chi connectivity index (χ3v) is 4.88. The van der Waals surface area contributed by atoms with Gasteiger partial charge in [-0.3, -0.25) is 4.79 Å². The molecule has 1 aromatic carbocycles. The van der Waals surface area contributed by atoms with Gasteiger partial charge in [-0.15, -0.1) is 0 Å². The molecule has 7 heteroatoms. The normalized spacial score (nSPS) is 16.7. The first kappa shape index (κ1) is 17.3. The predicted molar refractivity (Wildman–Crippen MR) is 96.4 cm³/mol. The Morgan fingerprint density at radius 3 is 2.70 bits per heavy atom. The molecule has 2 aromatic heterocycles. The summed E-state index contributed by atoms with van der Waals surface area (Å²) in [4.78, 5) is 23.7. The topological polar surface area (TPSA) is 72.1 Å². The molecular formula is C20H19FN4O2. The average Bonchev–Trinajstić information content (AvgIpc) is 3.29. The minimum absolute atomic E-state index is 0.116. The Hall–Kier alpha value is -3.09. The van der Waals surface area contributed by atoms with Crippen molar-refractivity contribution < 1.29 is 13.7 Å². The highest BCUT2D eigenvalue weighted by Crippen LogP contribution is 2.33. The molecule has 0 saturated carbocycles. The molecule has 1 aliphatic heterocycles. The van der Waals surface area contributed by atoms with Gasteiger partial charge in [-0.2, -0.15) is 0 Å². The predicted octanol–water partition coefficient (Wildman–Crippen LogP) is 3.86. The van der Waals surface area contributed by atoms with E-state index in [1.807, 2.05) is 19.9 Å². The molecule has 0 bridgehead atoms. The Labute approximate surface area is 156 Å². The van der Waals surface area contributed by atoms with Gasteiger partial charge >= 0.3 is 0 Å².